The molecule has 3 rings (SSSR count). The lowest BCUT2D eigenvalue weighted by atomic mass is 10.1. The van der Waals surface area contributed by atoms with Crippen LogP contribution in [0.15, 0.2) is 36.4 Å². The standard InChI is InChI=1S/C20H26N2O3/c23-13-15-7-10-18(11-15)22-20(25)17-8-5-14(6-9-17)12-21-19(24)16-3-1-2-4-16/h5-10,15-16,18,23H,1-4,11-13H2,(H,21,24)(H,22,25)/t15-,18+/m0/s1. The van der Waals surface area contributed by atoms with Crippen molar-refractivity contribution in [2.45, 2.75) is 44.7 Å². The van der Waals surface area contributed by atoms with Gasteiger partial charge in [-0.15, -0.1) is 0 Å². The van der Waals surface area contributed by atoms with Crippen LogP contribution >= 0.6 is 0 Å². The van der Waals surface area contributed by atoms with Crippen LogP contribution in [0.5, 0.6) is 0 Å². The second kappa shape index (κ2) is 8.30. The zero-order valence-electron chi connectivity index (χ0n) is 14.4. The Morgan fingerprint density at radius 3 is 2.44 bits per heavy atom. The molecule has 2 atom stereocenters. The minimum absolute atomic E-state index is 0.0185. The first-order valence-electron chi connectivity index (χ1n) is 9.12. The molecule has 5 heteroatoms. The van der Waals surface area contributed by atoms with E-state index in [1.807, 2.05) is 24.3 Å². The average molecular weight is 342 g/mol. The Morgan fingerprint density at radius 1 is 1.08 bits per heavy atom. The van der Waals surface area contributed by atoms with E-state index in [9.17, 15) is 9.59 Å². The van der Waals surface area contributed by atoms with E-state index in [1.165, 1.54) is 0 Å². The maximum Gasteiger partial charge on any atom is 0.251 e. The molecule has 0 saturated heterocycles. The summed E-state index contributed by atoms with van der Waals surface area (Å²) in [5.41, 5.74) is 1.59. The van der Waals surface area contributed by atoms with Gasteiger partial charge < -0.3 is 15.7 Å². The van der Waals surface area contributed by atoms with Gasteiger partial charge in [0.25, 0.3) is 5.91 Å². The SMILES string of the molecule is O=C(N[C@@H]1C=C[C@H](CO)C1)c1ccc(CNC(=O)C2CCCC2)cc1. The first-order valence-corrected chi connectivity index (χ1v) is 9.12. The van der Waals surface area contributed by atoms with Crippen molar-refractivity contribution in [1.82, 2.24) is 10.6 Å². The Morgan fingerprint density at radius 2 is 1.80 bits per heavy atom. The zero-order valence-corrected chi connectivity index (χ0v) is 14.4. The molecule has 5 nitrogen and oxygen atoms in total. The van der Waals surface area contributed by atoms with Crippen molar-refractivity contribution in [3.8, 4) is 0 Å². The van der Waals surface area contributed by atoms with Crippen LogP contribution in [0.1, 0.15) is 48.0 Å². The number of benzene rings is 1. The molecule has 134 valence electrons. The van der Waals surface area contributed by atoms with Crippen LogP contribution in [0.25, 0.3) is 0 Å². The van der Waals surface area contributed by atoms with E-state index in [1.54, 1.807) is 12.1 Å². The Labute approximate surface area is 148 Å². The van der Waals surface area contributed by atoms with Crippen LogP contribution < -0.4 is 10.6 Å². The van der Waals surface area contributed by atoms with Gasteiger partial charge >= 0.3 is 0 Å². The molecule has 1 aromatic carbocycles. The third kappa shape index (κ3) is 4.69. The molecule has 0 spiro atoms. The highest BCUT2D eigenvalue weighted by Crippen LogP contribution is 2.24. The number of aliphatic hydroxyl groups is 1. The fourth-order valence-electron chi connectivity index (χ4n) is 3.56. The molecule has 2 aliphatic rings. The molecule has 2 amide bonds. The molecule has 0 radical (unpaired) electrons. The number of hydrogen-bond acceptors (Lipinski definition) is 3. The van der Waals surface area contributed by atoms with Gasteiger partial charge in [-0.05, 0) is 37.0 Å². The van der Waals surface area contributed by atoms with E-state index in [0.717, 1.165) is 37.7 Å². The van der Waals surface area contributed by atoms with Gasteiger partial charge in [-0.1, -0.05) is 37.1 Å². The summed E-state index contributed by atoms with van der Waals surface area (Å²) in [7, 11) is 0. The lowest BCUT2D eigenvalue weighted by molar-refractivity contribution is -0.124. The topological polar surface area (TPSA) is 78.4 Å². The van der Waals surface area contributed by atoms with Crippen molar-refractivity contribution in [1.29, 1.82) is 0 Å². The number of hydrogen-bond donors (Lipinski definition) is 3. The molecular weight excluding hydrogens is 316 g/mol. The quantitative estimate of drug-likeness (QED) is 0.693. The Balaban J connectivity index is 1.47. The number of amides is 2. The Hall–Kier alpha value is -2.14. The summed E-state index contributed by atoms with van der Waals surface area (Å²) in [6.45, 7) is 0.616. The second-order valence-corrected chi connectivity index (χ2v) is 7.04. The first-order chi connectivity index (χ1) is 12.2. The van der Waals surface area contributed by atoms with E-state index in [0.29, 0.717) is 12.1 Å². The highest BCUT2D eigenvalue weighted by molar-refractivity contribution is 5.94. The summed E-state index contributed by atoms with van der Waals surface area (Å²) >= 11 is 0. The molecule has 25 heavy (non-hydrogen) atoms. The van der Waals surface area contributed by atoms with Crippen LogP contribution in [0.4, 0.5) is 0 Å². The lowest BCUT2D eigenvalue weighted by Crippen LogP contribution is -2.33. The summed E-state index contributed by atoms with van der Waals surface area (Å²) in [6.07, 6.45) is 8.92. The van der Waals surface area contributed by atoms with Crippen LogP contribution in [-0.4, -0.2) is 29.6 Å². The van der Waals surface area contributed by atoms with Gasteiger partial charge in [-0.3, -0.25) is 9.59 Å². The minimum Gasteiger partial charge on any atom is -0.396 e. The molecule has 3 N–H and O–H groups in total. The normalized spacial score (nSPS) is 22.9. The number of aliphatic hydroxyl groups excluding tert-OH is 1. The number of nitrogens with one attached hydrogen (secondary N) is 2. The fourth-order valence-corrected chi connectivity index (χ4v) is 3.56. The zero-order chi connectivity index (χ0) is 17.6. The highest BCUT2D eigenvalue weighted by atomic mass is 16.3. The first kappa shape index (κ1) is 17.7. The monoisotopic (exact) mass is 342 g/mol. The van der Waals surface area contributed by atoms with E-state index in [2.05, 4.69) is 10.6 Å². The lowest BCUT2D eigenvalue weighted by Gasteiger charge is -2.13. The van der Waals surface area contributed by atoms with Crippen molar-refractivity contribution >= 4 is 11.8 Å². The van der Waals surface area contributed by atoms with Crippen molar-refractivity contribution in [3.63, 3.8) is 0 Å². The van der Waals surface area contributed by atoms with Crippen LogP contribution in [0, 0.1) is 11.8 Å². The molecular formula is C20H26N2O3. The predicted molar refractivity (Wildman–Crippen MR) is 95.8 cm³/mol. The van der Waals surface area contributed by atoms with Gasteiger partial charge in [0.1, 0.15) is 0 Å². The number of carbonyl (C=O) groups excluding carboxylic acids is 2. The third-order valence-electron chi connectivity index (χ3n) is 5.13. The van der Waals surface area contributed by atoms with Gasteiger partial charge in [-0.25, -0.2) is 0 Å². The summed E-state index contributed by atoms with van der Waals surface area (Å²) in [6, 6.07) is 7.31. The summed E-state index contributed by atoms with van der Waals surface area (Å²) < 4.78 is 0. The molecule has 0 unspecified atom stereocenters. The molecule has 1 saturated carbocycles. The highest BCUT2D eigenvalue weighted by Gasteiger charge is 2.22. The van der Waals surface area contributed by atoms with Crippen molar-refractivity contribution in [2.75, 3.05) is 6.61 Å². The van der Waals surface area contributed by atoms with Crippen LogP contribution in [0.3, 0.4) is 0 Å². The molecule has 0 aliphatic heterocycles. The largest absolute Gasteiger partial charge is 0.396 e. The second-order valence-electron chi connectivity index (χ2n) is 7.04. The minimum atomic E-state index is -0.116. The van der Waals surface area contributed by atoms with E-state index >= 15 is 0 Å². The molecule has 1 fully saturated rings. The van der Waals surface area contributed by atoms with E-state index < -0.39 is 0 Å². The maximum absolute atomic E-state index is 12.3. The molecule has 2 aliphatic carbocycles. The number of rotatable bonds is 6. The van der Waals surface area contributed by atoms with E-state index in [4.69, 9.17) is 5.11 Å². The Bertz CT molecular complexity index is 633. The summed E-state index contributed by atoms with van der Waals surface area (Å²) in [4.78, 5) is 24.3. The molecule has 0 bridgehead atoms. The van der Waals surface area contributed by atoms with E-state index in [-0.39, 0.29) is 36.3 Å². The van der Waals surface area contributed by atoms with Crippen molar-refractivity contribution in [3.05, 3.63) is 47.5 Å². The predicted octanol–water partition coefficient (Wildman–Crippen LogP) is 2.16. The van der Waals surface area contributed by atoms with Crippen molar-refractivity contribution < 1.29 is 14.7 Å². The van der Waals surface area contributed by atoms with Gasteiger partial charge in [0, 0.05) is 36.6 Å². The van der Waals surface area contributed by atoms with Gasteiger partial charge in [0.15, 0.2) is 0 Å². The third-order valence-corrected chi connectivity index (χ3v) is 5.13. The van der Waals surface area contributed by atoms with Crippen LogP contribution in [-0.2, 0) is 11.3 Å². The molecule has 0 heterocycles. The Kier molecular flexibility index (Phi) is 5.87. The smallest absolute Gasteiger partial charge is 0.251 e. The van der Waals surface area contributed by atoms with Gasteiger partial charge in [-0.2, -0.15) is 0 Å². The summed E-state index contributed by atoms with van der Waals surface area (Å²) in [5, 5.41) is 15.1. The number of carbonyl (C=O) groups is 2. The maximum atomic E-state index is 12.3. The average Bonchev–Trinajstić information content (AvgIpc) is 3.32. The summed E-state index contributed by atoms with van der Waals surface area (Å²) in [5.74, 6) is 0.337. The van der Waals surface area contributed by atoms with Gasteiger partial charge in [0.05, 0.1) is 0 Å². The fraction of sp³-hybridized carbons (Fsp3) is 0.500. The van der Waals surface area contributed by atoms with Crippen LogP contribution in [0.2, 0.25) is 0 Å². The van der Waals surface area contributed by atoms with Crippen molar-refractivity contribution in [2.24, 2.45) is 11.8 Å². The van der Waals surface area contributed by atoms with Gasteiger partial charge in [0.2, 0.25) is 5.91 Å². The molecule has 1 aromatic rings. The molecule has 0 aromatic heterocycles.